The number of aliphatic hydroxyl groups excluding tert-OH is 1. The van der Waals surface area contributed by atoms with Crippen LogP contribution in [0.15, 0.2) is 0 Å². The summed E-state index contributed by atoms with van der Waals surface area (Å²) in [4.78, 5) is 13.8. The third-order valence-corrected chi connectivity index (χ3v) is 3.87. The Morgan fingerprint density at radius 1 is 1.40 bits per heavy atom. The molecule has 1 aliphatic heterocycles. The lowest BCUT2D eigenvalue weighted by Gasteiger charge is -2.37. The van der Waals surface area contributed by atoms with Crippen molar-refractivity contribution >= 4 is 5.78 Å². The van der Waals surface area contributed by atoms with E-state index >= 15 is 0 Å². The molecule has 1 heterocycles. The van der Waals surface area contributed by atoms with E-state index in [0.29, 0.717) is 11.8 Å². The molecule has 1 saturated heterocycles. The molecule has 2 aliphatic rings. The van der Waals surface area contributed by atoms with Crippen molar-refractivity contribution in [3.63, 3.8) is 0 Å². The summed E-state index contributed by atoms with van der Waals surface area (Å²) in [6, 6.07) is 0.529. The fourth-order valence-corrected chi connectivity index (χ4v) is 2.78. The summed E-state index contributed by atoms with van der Waals surface area (Å²) in [5.74, 6) is 0.681. The van der Waals surface area contributed by atoms with E-state index in [1.165, 1.54) is 0 Å². The maximum absolute atomic E-state index is 11.5. The van der Waals surface area contributed by atoms with Crippen molar-refractivity contribution in [3.8, 4) is 0 Å². The smallest absolute Gasteiger partial charge is 0.137 e. The highest BCUT2D eigenvalue weighted by Crippen LogP contribution is 2.25. The molecular formula is C12H21NO2. The topological polar surface area (TPSA) is 40.5 Å². The van der Waals surface area contributed by atoms with E-state index in [2.05, 4.69) is 11.8 Å². The number of carbonyl (C=O) groups is 1. The van der Waals surface area contributed by atoms with Crippen LogP contribution in [-0.2, 0) is 4.79 Å². The van der Waals surface area contributed by atoms with Crippen LogP contribution >= 0.6 is 0 Å². The lowest BCUT2D eigenvalue weighted by Crippen LogP contribution is -2.46. The molecule has 0 bridgehead atoms. The summed E-state index contributed by atoms with van der Waals surface area (Å²) < 4.78 is 0. The Bertz CT molecular complexity index is 242. The predicted octanol–water partition coefficient (Wildman–Crippen LogP) is 1.20. The van der Waals surface area contributed by atoms with E-state index in [1.807, 2.05) is 0 Å². The monoisotopic (exact) mass is 211 g/mol. The molecule has 0 aromatic carbocycles. The van der Waals surface area contributed by atoms with E-state index in [1.54, 1.807) is 0 Å². The van der Waals surface area contributed by atoms with Crippen LogP contribution < -0.4 is 0 Å². The number of likely N-dealkylation sites (tertiary alicyclic amines) is 1. The summed E-state index contributed by atoms with van der Waals surface area (Å²) in [5, 5.41) is 9.61. The van der Waals surface area contributed by atoms with Crippen LogP contribution in [0.2, 0.25) is 0 Å². The van der Waals surface area contributed by atoms with E-state index in [9.17, 15) is 9.90 Å². The van der Waals surface area contributed by atoms with Crippen LogP contribution in [-0.4, -0.2) is 41.0 Å². The van der Waals surface area contributed by atoms with Crippen molar-refractivity contribution in [2.45, 2.75) is 51.2 Å². The number of rotatable bonds is 2. The van der Waals surface area contributed by atoms with Gasteiger partial charge in [0.15, 0.2) is 0 Å². The number of hydrogen-bond acceptors (Lipinski definition) is 3. The number of nitrogens with zero attached hydrogens (tertiary/aromatic N) is 1. The molecule has 1 N–H and O–H groups in total. The van der Waals surface area contributed by atoms with Gasteiger partial charge < -0.3 is 5.11 Å². The van der Waals surface area contributed by atoms with Crippen LogP contribution in [0.25, 0.3) is 0 Å². The van der Waals surface area contributed by atoms with Gasteiger partial charge in [-0.25, -0.2) is 0 Å². The molecule has 2 rings (SSSR count). The zero-order valence-corrected chi connectivity index (χ0v) is 9.48. The highest BCUT2D eigenvalue weighted by atomic mass is 16.3. The molecule has 86 valence electrons. The molecule has 0 spiro atoms. The Morgan fingerprint density at radius 3 is 2.87 bits per heavy atom. The van der Waals surface area contributed by atoms with E-state index < -0.39 is 0 Å². The summed E-state index contributed by atoms with van der Waals surface area (Å²) in [6.45, 7) is 3.83. The van der Waals surface area contributed by atoms with Crippen molar-refractivity contribution < 1.29 is 9.90 Å². The number of carbonyl (C=O) groups excluding carboxylic acids is 1. The second-order valence-corrected chi connectivity index (χ2v) is 5.09. The quantitative estimate of drug-likeness (QED) is 0.746. The molecule has 0 radical (unpaired) electrons. The molecule has 0 amide bonds. The maximum atomic E-state index is 11.5. The molecule has 15 heavy (non-hydrogen) atoms. The minimum atomic E-state index is -0.183. The van der Waals surface area contributed by atoms with Gasteiger partial charge in [-0.3, -0.25) is 9.69 Å². The molecular weight excluding hydrogens is 190 g/mol. The molecule has 3 heteroatoms. The minimum absolute atomic E-state index is 0.183. The lowest BCUT2D eigenvalue weighted by atomic mass is 9.98. The molecule has 0 aromatic rings. The van der Waals surface area contributed by atoms with Crippen molar-refractivity contribution in [2.75, 3.05) is 13.1 Å². The van der Waals surface area contributed by atoms with Crippen LogP contribution in [0.4, 0.5) is 0 Å². The highest BCUT2D eigenvalue weighted by Gasteiger charge is 2.30. The first kappa shape index (κ1) is 11.1. The Hall–Kier alpha value is -0.410. The Kier molecular flexibility index (Phi) is 3.42. The van der Waals surface area contributed by atoms with Gasteiger partial charge in [-0.05, 0) is 32.6 Å². The fourth-order valence-electron chi connectivity index (χ4n) is 2.78. The van der Waals surface area contributed by atoms with Crippen molar-refractivity contribution in [2.24, 2.45) is 5.92 Å². The predicted molar refractivity (Wildman–Crippen MR) is 58.6 cm³/mol. The van der Waals surface area contributed by atoms with Gasteiger partial charge >= 0.3 is 0 Å². The van der Waals surface area contributed by atoms with Gasteiger partial charge in [0.05, 0.1) is 6.10 Å². The molecule has 3 unspecified atom stereocenters. The first-order chi connectivity index (χ1) is 7.16. The highest BCUT2D eigenvalue weighted by molar-refractivity contribution is 5.83. The van der Waals surface area contributed by atoms with Crippen LogP contribution in [0, 0.1) is 5.92 Å². The minimum Gasteiger partial charge on any atom is -0.392 e. The molecule has 3 atom stereocenters. The van der Waals surface area contributed by atoms with Gasteiger partial charge in [0.2, 0.25) is 0 Å². The number of aliphatic hydroxyl groups is 1. The van der Waals surface area contributed by atoms with E-state index in [-0.39, 0.29) is 12.0 Å². The first-order valence-corrected chi connectivity index (χ1v) is 6.11. The Balaban J connectivity index is 1.89. The van der Waals surface area contributed by atoms with Crippen molar-refractivity contribution in [1.29, 1.82) is 0 Å². The SMILES string of the molecule is CC1CCC(O)CN1CC1CCCC1=O. The maximum Gasteiger partial charge on any atom is 0.137 e. The largest absolute Gasteiger partial charge is 0.392 e. The first-order valence-electron chi connectivity index (χ1n) is 6.11. The van der Waals surface area contributed by atoms with E-state index in [0.717, 1.165) is 45.2 Å². The molecule has 0 aromatic heterocycles. The average molecular weight is 211 g/mol. The number of hydrogen-bond donors (Lipinski definition) is 1. The third-order valence-electron chi connectivity index (χ3n) is 3.87. The number of ketones is 1. The summed E-state index contributed by atoms with van der Waals surface area (Å²) in [5.41, 5.74) is 0. The van der Waals surface area contributed by atoms with Gasteiger partial charge in [-0.1, -0.05) is 0 Å². The van der Waals surface area contributed by atoms with Crippen molar-refractivity contribution in [1.82, 2.24) is 4.90 Å². The van der Waals surface area contributed by atoms with Gasteiger partial charge in [0.25, 0.3) is 0 Å². The fraction of sp³-hybridized carbons (Fsp3) is 0.917. The Labute approximate surface area is 91.5 Å². The van der Waals surface area contributed by atoms with Crippen LogP contribution in [0.5, 0.6) is 0 Å². The van der Waals surface area contributed by atoms with Gasteiger partial charge in [0, 0.05) is 31.5 Å². The zero-order chi connectivity index (χ0) is 10.8. The normalized spacial score (nSPS) is 38.5. The second kappa shape index (κ2) is 4.62. The summed E-state index contributed by atoms with van der Waals surface area (Å²) in [6.07, 6.45) is 4.68. The molecule has 2 fully saturated rings. The van der Waals surface area contributed by atoms with Gasteiger partial charge in [-0.2, -0.15) is 0 Å². The van der Waals surface area contributed by atoms with Crippen LogP contribution in [0.1, 0.15) is 39.0 Å². The number of Topliss-reactive ketones (excluding diaryl/α,β-unsaturated/α-hetero) is 1. The number of piperidine rings is 1. The van der Waals surface area contributed by atoms with Crippen LogP contribution in [0.3, 0.4) is 0 Å². The van der Waals surface area contributed by atoms with Gasteiger partial charge in [0.1, 0.15) is 5.78 Å². The number of β-amino-alcohol motifs (C(OH)–C–C–N with tert-alkyl or cyclic N) is 1. The van der Waals surface area contributed by atoms with E-state index in [4.69, 9.17) is 0 Å². The molecule has 1 saturated carbocycles. The van der Waals surface area contributed by atoms with Gasteiger partial charge in [-0.15, -0.1) is 0 Å². The standard InChI is InChI=1S/C12H21NO2/c1-9-5-6-11(14)8-13(9)7-10-3-2-4-12(10)15/h9-11,14H,2-8H2,1H3. The zero-order valence-electron chi connectivity index (χ0n) is 9.48. The third kappa shape index (κ3) is 2.58. The Morgan fingerprint density at radius 2 is 2.20 bits per heavy atom. The summed E-state index contributed by atoms with van der Waals surface area (Å²) in [7, 11) is 0. The lowest BCUT2D eigenvalue weighted by molar-refractivity contribution is -0.121. The van der Waals surface area contributed by atoms with Crippen molar-refractivity contribution in [3.05, 3.63) is 0 Å². The summed E-state index contributed by atoms with van der Waals surface area (Å²) >= 11 is 0. The molecule has 3 nitrogen and oxygen atoms in total. The molecule has 1 aliphatic carbocycles. The second-order valence-electron chi connectivity index (χ2n) is 5.09. The average Bonchev–Trinajstić information content (AvgIpc) is 2.58.